The van der Waals surface area contributed by atoms with E-state index in [-0.39, 0.29) is 29.2 Å². The molecule has 0 amide bonds. The number of hydrogen-bond acceptors (Lipinski definition) is 2. The highest BCUT2D eigenvalue weighted by Gasteiger charge is 2.31. The van der Waals surface area contributed by atoms with Gasteiger partial charge in [-0.1, -0.05) is 17.7 Å². The van der Waals surface area contributed by atoms with E-state index < -0.39 is 5.82 Å². The van der Waals surface area contributed by atoms with E-state index in [1.165, 1.54) is 12.1 Å². The number of rotatable bonds is 2. The third-order valence-corrected chi connectivity index (χ3v) is 2.95. The average molecular weight is 252 g/mol. The van der Waals surface area contributed by atoms with Crippen LogP contribution in [0.25, 0.3) is 0 Å². The fourth-order valence-corrected chi connectivity index (χ4v) is 1.71. The molecule has 5 heteroatoms. The van der Waals surface area contributed by atoms with Crippen LogP contribution in [0.1, 0.15) is 24.4 Å². The van der Waals surface area contributed by atoms with Crippen molar-refractivity contribution < 1.29 is 9.50 Å². The lowest BCUT2D eigenvalue weighted by Gasteiger charge is -2.13. The van der Waals surface area contributed by atoms with Crippen molar-refractivity contribution in [3.8, 4) is 5.75 Å². The monoisotopic (exact) mass is 251 g/mol. The van der Waals surface area contributed by atoms with Crippen LogP contribution >= 0.6 is 24.0 Å². The summed E-state index contributed by atoms with van der Waals surface area (Å²) in [6.45, 7) is 0. The van der Waals surface area contributed by atoms with Gasteiger partial charge in [-0.2, -0.15) is 0 Å². The largest absolute Gasteiger partial charge is 0.506 e. The Morgan fingerprint density at radius 3 is 2.60 bits per heavy atom. The molecule has 0 aliphatic heterocycles. The molecule has 2 nitrogen and oxygen atoms in total. The molecular formula is C10H12Cl2FNO. The molecule has 0 spiro atoms. The van der Waals surface area contributed by atoms with Crippen molar-refractivity contribution in [2.75, 3.05) is 0 Å². The van der Waals surface area contributed by atoms with Crippen LogP contribution < -0.4 is 5.73 Å². The third-order valence-electron chi connectivity index (χ3n) is 2.59. The highest BCUT2D eigenvalue weighted by molar-refractivity contribution is 6.32. The van der Waals surface area contributed by atoms with Gasteiger partial charge in [-0.25, -0.2) is 4.39 Å². The highest BCUT2D eigenvalue weighted by Crippen LogP contribution is 2.43. The molecule has 0 radical (unpaired) electrons. The Morgan fingerprint density at radius 1 is 1.47 bits per heavy atom. The molecule has 1 aromatic rings. The molecule has 84 valence electrons. The first-order valence-corrected chi connectivity index (χ1v) is 4.91. The van der Waals surface area contributed by atoms with Crippen LogP contribution in [0.2, 0.25) is 5.02 Å². The van der Waals surface area contributed by atoms with Crippen molar-refractivity contribution in [3.05, 3.63) is 28.5 Å². The number of phenolic OH excluding ortho intramolecular Hbond substituents is 1. The molecule has 1 saturated carbocycles. The molecule has 1 aliphatic rings. The molecule has 0 unspecified atom stereocenters. The molecule has 1 aliphatic carbocycles. The summed E-state index contributed by atoms with van der Waals surface area (Å²) in [6.07, 6.45) is 2.13. The van der Waals surface area contributed by atoms with E-state index in [0.29, 0.717) is 11.5 Å². The van der Waals surface area contributed by atoms with Crippen LogP contribution in [0.3, 0.4) is 0 Å². The zero-order valence-electron chi connectivity index (χ0n) is 7.91. The first kappa shape index (κ1) is 12.6. The SMILES string of the molecule is Cl.N[C@@H](c1ccc(F)c(Cl)c1O)C1CC1. The van der Waals surface area contributed by atoms with Crippen molar-refractivity contribution in [1.82, 2.24) is 0 Å². The smallest absolute Gasteiger partial charge is 0.145 e. The lowest BCUT2D eigenvalue weighted by Crippen LogP contribution is -2.12. The summed E-state index contributed by atoms with van der Waals surface area (Å²) in [5, 5.41) is 9.34. The summed E-state index contributed by atoms with van der Waals surface area (Å²) in [4.78, 5) is 0. The lowest BCUT2D eigenvalue weighted by atomic mass is 10.0. The molecule has 1 atom stereocenters. The van der Waals surface area contributed by atoms with Gasteiger partial charge >= 0.3 is 0 Å². The summed E-state index contributed by atoms with van der Waals surface area (Å²) in [5.41, 5.74) is 6.42. The Balaban J connectivity index is 0.00000112. The van der Waals surface area contributed by atoms with Gasteiger partial charge in [-0.3, -0.25) is 0 Å². The van der Waals surface area contributed by atoms with Crippen LogP contribution in [-0.2, 0) is 0 Å². The van der Waals surface area contributed by atoms with Crippen molar-refractivity contribution in [3.63, 3.8) is 0 Å². The minimum atomic E-state index is -0.615. The average Bonchev–Trinajstić information content (AvgIpc) is 2.97. The van der Waals surface area contributed by atoms with Gasteiger partial charge < -0.3 is 10.8 Å². The molecule has 0 aromatic heterocycles. The van der Waals surface area contributed by atoms with Crippen LogP contribution in [0.5, 0.6) is 5.75 Å². The van der Waals surface area contributed by atoms with E-state index in [4.69, 9.17) is 17.3 Å². The first-order valence-electron chi connectivity index (χ1n) is 4.53. The van der Waals surface area contributed by atoms with Crippen molar-refractivity contribution >= 4 is 24.0 Å². The summed E-state index contributed by atoms with van der Waals surface area (Å²) >= 11 is 5.57. The summed E-state index contributed by atoms with van der Waals surface area (Å²) in [7, 11) is 0. The van der Waals surface area contributed by atoms with Gasteiger partial charge in [-0.05, 0) is 24.8 Å². The van der Waals surface area contributed by atoms with Crippen LogP contribution in [0.4, 0.5) is 4.39 Å². The Morgan fingerprint density at radius 2 is 2.07 bits per heavy atom. The third kappa shape index (κ3) is 2.36. The minimum Gasteiger partial charge on any atom is -0.506 e. The van der Waals surface area contributed by atoms with Gasteiger partial charge in [-0.15, -0.1) is 12.4 Å². The molecule has 0 bridgehead atoms. The van der Waals surface area contributed by atoms with Gasteiger partial charge in [0, 0.05) is 11.6 Å². The van der Waals surface area contributed by atoms with Crippen molar-refractivity contribution in [1.29, 1.82) is 0 Å². The number of halogens is 3. The maximum absolute atomic E-state index is 12.9. The maximum atomic E-state index is 12.9. The molecular weight excluding hydrogens is 240 g/mol. The second kappa shape index (κ2) is 4.56. The van der Waals surface area contributed by atoms with E-state index in [0.717, 1.165) is 12.8 Å². The van der Waals surface area contributed by atoms with E-state index in [1.54, 1.807) is 0 Å². The Kier molecular flexibility index (Phi) is 3.82. The number of phenols is 1. The molecule has 1 fully saturated rings. The quantitative estimate of drug-likeness (QED) is 0.849. The maximum Gasteiger partial charge on any atom is 0.145 e. The number of nitrogens with two attached hydrogens (primary N) is 1. The summed E-state index contributed by atoms with van der Waals surface area (Å²) < 4.78 is 12.9. The van der Waals surface area contributed by atoms with E-state index in [1.807, 2.05) is 0 Å². The molecule has 2 rings (SSSR count). The minimum absolute atomic E-state index is 0. The Hall–Kier alpha value is -0.510. The summed E-state index contributed by atoms with van der Waals surface area (Å²) in [6, 6.07) is 2.51. The summed E-state index contributed by atoms with van der Waals surface area (Å²) in [5.74, 6) is -0.426. The Labute approximate surface area is 98.6 Å². The predicted octanol–water partition coefficient (Wildman–Crippen LogP) is 3.02. The van der Waals surface area contributed by atoms with Gasteiger partial charge in [0.15, 0.2) is 0 Å². The van der Waals surface area contributed by atoms with Crippen LogP contribution in [0.15, 0.2) is 12.1 Å². The van der Waals surface area contributed by atoms with Crippen LogP contribution in [0, 0.1) is 11.7 Å². The predicted molar refractivity (Wildman–Crippen MR) is 60.0 cm³/mol. The zero-order valence-corrected chi connectivity index (χ0v) is 9.48. The number of benzene rings is 1. The molecule has 0 saturated heterocycles. The van der Waals surface area contributed by atoms with Crippen molar-refractivity contribution in [2.45, 2.75) is 18.9 Å². The fraction of sp³-hybridized carbons (Fsp3) is 0.400. The van der Waals surface area contributed by atoms with Gasteiger partial charge in [0.1, 0.15) is 16.6 Å². The Bertz CT molecular complexity index is 369. The fourth-order valence-electron chi connectivity index (χ4n) is 1.53. The molecule has 15 heavy (non-hydrogen) atoms. The number of aromatic hydroxyl groups is 1. The standard InChI is InChI=1S/C10H11ClFNO.ClH/c11-8-7(12)4-3-6(10(8)14)9(13)5-1-2-5;/h3-5,9,14H,1-2,13H2;1H/t9-;/m1./s1. The zero-order chi connectivity index (χ0) is 10.3. The first-order chi connectivity index (χ1) is 6.61. The number of hydrogen-bond donors (Lipinski definition) is 2. The van der Waals surface area contributed by atoms with Crippen molar-refractivity contribution in [2.24, 2.45) is 11.7 Å². The van der Waals surface area contributed by atoms with Gasteiger partial charge in [0.2, 0.25) is 0 Å². The highest BCUT2D eigenvalue weighted by atomic mass is 35.5. The van der Waals surface area contributed by atoms with Crippen LogP contribution in [-0.4, -0.2) is 5.11 Å². The van der Waals surface area contributed by atoms with Gasteiger partial charge in [0.25, 0.3) is 0 Å². The molecule has 3 N–H and O–H groups in total. The topological polar surface area (TPSA) is 46.2 Å². The van der Waals surface area contributed by atoms with E-state index >= 15 is 0 Å². The van der Waals surface area contributed by atoms with E-state index in [9.17, 15) is 9.50 Å². The van der Waals surface area contributed by atoms with E-state index in [2.05, 4.69) is 0 Å². The van der Waals surface area contributed by atoms with Gasteiger partial charge in [0.05, 0.1) is 0 Å². The lowest BCUT2D eigenvalue weighted by molar-refractivity contribution is 0.450. The second-order valence-electron chi connectivity index (χ2n) is 3.66. The second-order valence-corrected chi connectivity index (χ2v) is 4.04. The molecule has 0 heterocycles. The normalized spacial score (nSPS) is 17.0. The molecule has 1 aromatic carbocycles.